The molecule has 9 amide bonds. The Labute approximate surface area is 778 Å². The van der Waals surface area contributed by atoms with Crippen LogP contribution in [0.5, 0.6) is 0 Å². The molecule has 29 nitrogen and oxygen atoms in total. The SMILES string of the molecule is C[C@@H](OC(C)(C)C)[C@H](NC(=O)[C@H](CCC(=O)NC(c1ccccc1)(c1ccccc1)c1ccccc1)NC(=O)[C@@H](NC(=O)[C@@H](NC(=O)[C@@H](N)CC(=O)OC(C)(C)C)[C@@H](C)OC(C)(C)C)[C@@H](C)OC(C)(C)C)C(=O)N[C@@H](COC(C)(C)C)C(=O)N[C@@H](COC(C)(C)C)C(=O)N1CCC[C@H]1C(=O)N[C@@H](COC(C)(C)C)C(=O)OC(c1ccccc1)(c1ccccc1)c1ccccc1Cl. The van der Waals surface area contributed by atoms with Crippen molar-refractivity contribution in [3.8, 4) is 0 Å². The molecule has 0 saturated carbocycles. The predicted molar refractivity (Wildman–Crippen MR) is 502 cm³/mol. The average molecular weight is 1830 g/mol. The molecule has 0 radical (unpaired) electrons. The van der Waals surface area contributed by atoms with Crippen molar-refractivity contribution >= 4 is 76.7 Å². The highest BCUT2D eigenvalue weighted by molar-refractivity contribution is 6.31. The smallest absolute Gasteiger partial charge is 0.332 e. The molecule has 12 atom stereocenters. The van der Waals surface area contributed by atoms with E-state index >= 15 is 43.2 Å². The molecule has 7 rings (SSSR count). The molecule has 6 aromatic rings. The number of carbonyl (C=O) groups excluding carboxylic acids is 11. The van der Waals surface area contributed by atoms with E-state index in [0.717, 1.165) is 0 Å². The van der Waals surface area contributed by atoms with Gasteiger partial charge in [-0.25, -0.2) is 4.79 Å². The first-order valence-corrected chi connectivity index (χ1v) is 45.2. The molecule has 0 spiro atoms. The van der Waals surface area contributed by atoms with Crippen LogP contribution < -0.4 is 48.3 Å². The number of nitrogens with one attached hydrogen (secondary N) is 8. The topological polar surface area (TPSA) is 387 Å². The number of amides is 9. The Hall–Kier alpha value is -10.5. The van der Waals surface area contributed by atoms with E-state index in [1.54, 1.807) is 194 Å². The fraction of sp³-hybridized carbons (Fsp3) is 0.535. The summed E-state index contributed by atoms with van der Waals surface area (Å²) in [4.78, 5) is 169. The molecule has 0 aromatic heterocycles. The maximum absolute atomic E-state index is 16.0. The summed E-state index contributed by atoms with van der Waals surface area (Å²) in [6.45, 7) is 39.2. The Morgan fingerprint density at radius 1 is 0.397 bits per heavy atom. The molecule has 1 saturated heterocycles. The van der Waals surface area contributed by atoms with Crippen LogP contribution >= 0.6 is 11.6 Å². The van der Waals surface area contributed by atoms with Crippen molar-refractivity contribution in [2.75, 3.05) is 26.4 Å². The highest BCUT2D eigenvalue weighted by Gasteiger charge is 2.48. The standard InChI is InChI=1S/C101H141ClN10O19/c1-63(127-96(13,14)15)81(89(120)105-75(60-124-93(4,5)6)86(117)106-76(61-125-94(7,8)9)91(122)112-58-42-55-78(112)87(118)107-77(62-126-95(10,11)12)92(123)131-101(69-49-36-28-37-50-69,70-51-38-29-39-52-70)71-53-40-41-54-72(71)102)109-85(116)74(56-57-79(113)111-100(66-43-30-25-31-44-66,67-45-32-26-33-46-67)68-47-34-27-35-48-68)104-88(119)82(64(2)128-97(16,17)18)110-90(121)83(65(3)129-98(19,20)21)108-84(115)73(103)59-80(114)130-99(22,23)24/h25-41,43-54,63-65,73-78,81-83H,42,55-62,103H2,1-24H3,(H,104,119)(H,105,120)(H,106,117)(H,107,118)(H,108,115)(H,109,116)(H,110,121)(H,111,113)/t63-,64-,65-,73+,74+,75+,76+,77+,78+,81+,82+,83+/m1/s1. The zero-order valence-electron chi connectivity index (χ0n) is 80.7. The zero-order chi connectivity index (χ0) is 97.6. The number of hydrogen-bond acceptors (Lipinski definition) is 20. The van der Waals surface area contributed by atoms with Gasteiger partial charge in [-0.3, -0.25) is 47.9 Å². The van der Waals surface area contributed by atoms with E-state index in [-0.39, 0.29) is 24.6 Å². The summed E-state index contributed by atoms with van der Waals surface area (Å²) < 4.78 is 50.3. The van der Waals surface area contributed by atoms with Crippen molar-refractivity contribution in [2.24, 2.45) is 5.73 Å². The molecule has 0 bridgehead atoms. The van der Waals surface area contributed by atoms with Crippen LogP contribution in [0.1, 0.15) is 232 Å². The van der Waals surface area contributed by atoms with E-state index < -0.39 is 221 Å². The molecule has 1 aliphatic heterocycles. The summed E-state index contributed by atoms with van der Waals surface area (Å²) >= 11 is 7.07. The molecule has 0 unspecified atom stereocenters. The average Bonchev–Trinajstić information content (AvgIpc) is 1.20. The minimum atomic E-state index is -1.81. The first-order valence-electron chi connectivity index (χ1n) is 44.8. The molecule has 716 valence electrons. The second kappa shape index (κ2) is 46.2. The van der Waals surface area contributed by atoms with Crippen LogP contribution in [-0.4, -0.2) is 208 Å². The number of nitrogens with two attached hydrogens (primary N) is 1. The summed E-state index contributed by atoms with van der Waals surface area (Å²) in [5.41, 5.74) is 0.105. The third-order valence-electron chi connectivity index (χ3n) is 20.8. The number of carbonyl (C=O) groups is 11. The van der Waals surface area contributed by atoms with Gasteiger partial charge in [0.2, 0.25) is 53.2 Å². The van der Waals surface area contributed by atoms with Crippen molar-refractivity contribution in [3.63, 3.8) is 0 Å². The number of hydrogen-bond donors (Lipinski definition) is 9. The van der Waals surface area contributed by atoms with Gasteiger partial charge in [-0.15, -0.1) is 0 Å². The Morgan fingerprint density at radius 2 is 0.748 bits per heavy atom. The number of benzene rings is 6. The summed E-state index contributed by atoms with van der Waals surface area (Å²) in [6, 6.07) is 38.3. The third kappa shape index (κ3) is 33.0. The van der Waals surface area contributed by atoms with E-state index in [1.165, 1.54) is 25.7 Å². The second-order valence-corrected chi connectivity index (χ2v) is 40.5. The van der Waals surface area contributed by atoms with E-state index in [0.29, 0.717) is 39.8 Å². The minimum absolute atomic E-state index is 0.00728. The number of nitrogens with zero attached hydrogens (tertiary/aromatic N) is 1. The van der Waals surface area contributed by atoms with Gasteiger partial charge in [0.1, 0.15) is 53.4 Å². The van der Waals surface area contributed by atoms with Gasteiger partial charge in [-0.05, 0) is 208 Å². The maximum atomic E-state index is 16.0. The lowest BCUT2D eigenvalue weighted by Crippen LogP contribution is -2.65. The van der Waals surface area contributed by atoms with Gasteiger partial charge in [0.25, 0.3) is 0 Å². The monoisotopic (exact) mass is 1830 g/mol. The van der Waals surface area contributed by atoms with Crippen LogP contribution in [0.3, 0.4) is 0 Å². The summed E-state index contributed by atoms with van der Waals surface area (Å²) in [5, 5.41) is 23.1. The molecule has 1 aliphatic rings. The molecule has 1 fully saturated rings. The number of likely N-dealkylation sites (tertiary alicyclic amines) is 1. The van der Waals surface area contributed by atoms with Gasteiger partial charge < -0.3 is 91.1 Å². The normalized spacial score (nSPS) is 16.2. The Balaban J connectivity index is 1.28. The van der Waals surface area contributed by atoms with Crippen LogP contribution in [0.4, 0.5) is 0 Å². The Morgan fingerprint density at radius 3 is 1.15 bits per heavy atom. The van der Waals surface area contributed by atoms with Crippen LogP contribution in [0, 0.1) is 0 Å². The van der Waals surface area contributed by atoms with Crippen LogP contribution in [0.25, 0.3) is 0 Å². The Bertz CT molecular complexity index is 4650. The van der Waals surface area contributed by atoms with Gasteiger partial charge in [0.05, 0.1) is 84.2 Å². The second-order valence-electron chi connectivity index (χ2n) is 40.1. The summed E-state index contributed by atoms with van der Waals surface area (Å²) in [5.74, 6) is -9.89. The lowest BCUT2D eigenvalue weighted by molar-refractivity contribution is -0.161. The molecule has 131 heavy (non-hydrogen) atoms. The van der Waals surface area contributed by atoms with Crippen LogP contribution in [0.15, 0.2) is 176 Å². The van der Waals surface area contributed by atoms with Crippen LogP contribution in [0.2, 0.25) is 5.02 Å². The molecule has 10 N–H and O–H groups in total. The van der Waals surface area contributed by atoms with Gasteiger partial charge in [0, 0.05) is 34.7 Å². The fourth-order valence-corrected chi connectivity index (χ4v) is 15.4. The molecule has 6 aromatic carbocycles. The largest absolute Gasteiger partial charge is 0.460 e. The van der Waals surface area contributed by atoms with Gasteiger partial charge in [0.15, 0.2) is 11.6 Å². The number of rotatable bonds is 41. The molecule has 1 heterocycles. The highest BCUT2D eigenvalue weighted by atomic mass is 35.5. The van der Waals surface area contributed by atoms with Gasteiger partial charge in [-0.2, -0.15) is 0 Å². The number of halogens is 1. The van der Waals surface area contributed by atoms with Crippen molar-refractivity contribution < 1.29 is 90.6 Å². The minimum Gasteiger partial charge on any atom is -0.460 e. The van der Waals surface area contributed by atoms with E-state index in [4.69, 9.17) is 55.2 Å². The quantitative estimate of drug-likeness (QED) is 0.0127. The molecular formula is C101H141ClN10O19. The lowest BCUT2D eigenvalue weighted by atomic mass is 9.77. The first-order chi connectivity index (χ1) is 60.9. The lowest BCUT2D eigenvalue weighted by Gasteiger charge is -2.37. The van der Waals surface area contributed by atoms with Gasteiger partial charge in [-0.1, -0.05) is 181 Å². The number of esters is 2. The van der Waals surface area contributed by atoms with Crippen molar-refractivity contribution in [1.29, 1.82) is 0 Å². The van der Waals surface area contributed by atoms with Gasteiger partial charge >= 0.3 is 11.9 Å². The Kier molecular flexibility index (Phi) is 38.0. The maximum Gasteiger partial charge on any atom is 0.332 e. The first kappa shape index (κ1) is 108. The van der Waals surface area contributed by atoms with Crippen molar-refractivity contribution in [2.45, 2.75) is 321 Å². The van der Waals surface area contributed by atoms with E-state index in [2.05, 4.69) is 42.5 Å². The molecular weight excluding hydrogens is 1690 g/mol. The van der Waals surface area contributed by atoms with Crippen LogP contribution in [-0.2, 0) is 102 Å². The summed E-state index contributed by atoms with van der Waals surface area (Å²) in [7, 11) is 0. The fourth-order valence-electron chi connectivity index (χ4n) is 15.1. The zero-order valence-corrected chi connectivity index (χ0v) is 81.5. The highest BCUT2D eigenvalue weighted by Crippen LogP contribution is 2.44. The summed E-state index contributed by atoms with van der Waals surface area (Å²) in [6.07, 6.45) is -4.88. The van der Waals surface area contributed by atoms with Crippen molar-refractivity contribution in [1.82, 2.24) is 47.4 Å². The number of ether oxygens (including phenoxy) is 8. The third-order valence-corrected chi connectivity index (χ3v) is 21.1. The predicted octanol–water partition coefficient (Wildman–Crippen LogP) is 11.6. The van der Waals surface area contributed by atoms with Crippen molar-refractivity contribution in [3.05, 3.63) is 214 Å². The molecule has 30 heteroatoms. The van der Waals surface area contributed by atoms with E-state index in [1.807, 2.05) is 127 Å². The van der Waals surface area contributed by atoms with E-state index in [9.17, 15) is 9.59 Å². The molecule has 0 aliphatic carbocycles.